The predicted octanol–water partition coefficient (Wildman–Crippen LogP) is 3.05. The molecule has 1 heterocycles. The van der Waals surface area contributed by atoms with Gasteiger partial charge in [-0.3, -0.25) is 4.79 Å². The summed E-state index contributed by atoms with van der Waals surface area (Å²) >= 11 is 8.42. The zero-order chi connectivity index (χ0) is 13.3. The lowest BCUT2D eigenvalue weighted by Gasteiger charge is -2.19. The van der Waals surface area contributed by atoms with Gasteiger partial charge >= 0.3 is 0 Å². The van der Waals surface area contributed by atoms with Crippen LogP contribution in [-0.4, -0.2) is 24.5 Å². The van der Waals surface area contributed by atoms with E-state index in [1.807, 2.05) is 32.0 Å². The second-order valence-electron chi connectivity index (χ2n) is 4.75. The van der Waals surface area contributed by atoms with Crippen LogP contribution in [0.5, 0.6) is 0 Å². The molecule has 1 amide bonds. The number of anilines is 1. The third-order valence-corrected chi connectivity index (χ3v) is 3.91. The molecule has 1 aromatic carbocycles. The molecule has 98 valence electrons. The Kier molecular flexibility index (Phi) is 4.50. The quantitative estimate of drug-likeness (QED) is 0.820. The van der Waals surface area contributed by atoms with Gasteiger partial charge in [-0.05, 0) is 47.2 Å². The van der Waals surface area contributed by atoms with E-state index in [2.05, 4.69) is 27.9 Å². The summed E-state index contributed by atoms with van der Waals surface area (Å²) in [6.45, 7) is 4.82. The van der Waals surface area contributed by atoms with E-state index in [9.17, 15) is 4.79 Å². The van der Waals surface area contributed by atoms with Gasteiger partial charge in [0.2, 0.25) is 5.91 Å². The number of hydrogen-bond acceptors (Lipinski definition) is 2. The molecule has 1 N–H and O–H groups in total. The fraction of sp³-hybridized carbons (Fsp3) is 0.462. The van der Waals surface area contributed by atoms with Crippen LogP contribution < -0.4 is 10.2 Å². The van der Waals surface area contributed by atoms with E-state index < -0.39 is 0 Å². The second-order valence-corrected chi connectivity index (χ2v) is 6.40. The van der Waals surface area contributed by atoms with Crippen molar-refractivity contribution in [1.82, 2.24) is 5.32 Å². The summed E-state index contributed by atoms with van der Waals surface area (Å²) in [6.07, 6.45) is 0.833. The Labute approximate surface area is 126 Å². The third kappa shape index (κ3) is 2.97. The van der Waals surface area contributed by atoms with Crippen LogP contribution in [0.4, 0.5) is 5.69 Å². The molecule has 1 aliphatic heterocycles. The molecule has 1 fully saturated rings. The third-order valence-electron chi connectivity index (χ3n) is 2.94. The minimum Gasteiger partial charge on any atom is -0.310 e. The molecule has 0 aromatic heterocycles. The van der Waals surface area contributed by atoms with Crippen LogP contribution in [0.25, 0.3) is 0 Å². The first kappa shape index (κ1) is 14.1. The van der Waals surface area contributed by atoms with Crippen molar-refractivity contribution < 1.29 is 4.79 Å². The maximum Gasteiger partial charge on any atom is 0.244 e. The molecule has 0 saturated carbocycles. The molecule has 1 aliphatic rings. The fourth-order valence-corrected chi connectivity index (χ4v) is 3.13. The van der Waals surface area contributed by atoms with Crippen molar-refractivity contribution in [3.63, 3.8) is 0 Å². The lowest BCUT2D eigenvalue weighted by molar-refractivity contribution is -0.118. The van der Waals surface area contributed by atoms with Gasteiger partial charge in [0.15, 0.2) is 0 Å². The topological polar surface area (TPSA) is 32.3 Å². The Balaban J connectivity index is 2.18. The van der Waals surface area contributed by atoms with E-state index in [0.717, 1.165) is 22.2 Å². The number of halogens is 2. The first-order valence-electron chi connectivity index (χ1n) is 6.01. The molecule has 1 saturated heterocycles. The molecule has 3 nitrogen and oxygen atoms in total. The van der Waals surface area contributed by atoms with Gasteiger partial charge in [0.05, 0.1) is 16.8 Å². The van der Waals surface area contributed by atoms with Gasteiger partial charge in [-0.25, -0.2) is 0 Å². The number of carbonyl (C=O) groups is 1. The average molecular weight is 379 g/mol. The lowest BCUT2D eigenvalue weighted by Crippen LogP contribution is -2.41. The molecule has 0 radical (unpaired) electrons. The Bertz CT molecular complexity index is 464. The first-order valence-corrected chi connectivity index (χ1v) is 7.47. The summed E-state index contributed by atoms with van der Waals surface area (Å²) in [6, 6.07) is 6.00. The van der Waals surface area contributed by atoms with Crippen molar-refractivity contribution >= 4 is 45.8 Å². The van der Waals surface area contributed by atoms with E-state index in [-0.39, 0.29) is 11.9 Å². The number of benzene rings is 1. The summed E-state index contributed by atoms with van der Waals surface area (Å²) in [5.74, 6) is 0.117. The molecule has 1 aromatic rings. The monoisotopic (exact) mass is 378 g/mol. The Morgan fingerprint density at radius 3 is 2.83 bits per heavy atom. The van der Waals surface area contributed by atoms with Gasteiger partial charge in [0.1, 0.15) is 0 Å². The number of nitrogens with zero attached hydrogens (tertiary/aromatic N) is 1. The van der Waals surface area contributed by atoms with Crippen LogP contribution >= 0.6 is 34.2 Å². The van der Waals surface area contributed by atoms with Gasteiger partial charge < -0.3 is 10.2 Å². The van der Waals surface area contributed by atoms with Crippen molar-refractivity contribution in [2.24, 2.45) is 0 Å². The number of rotatable bonds is 3. The van der Waals surface area contributed by atoms with Crippen LogP contribution in [0.3, 0.4) is 0 Å². The van der Waals surface area contributed by atoms with Crippen LogP contribution in [0, 0.1) is 3.57 Å². The summed E-state index contributed by atoms with van der Waals surface area (Å²) in [5, 5.41) is 3.93. The molecule has 5 heteroatoms. The van der Waals surface area contributed by atoms with Gasteiger partial charge in [-0.2, -0.15) is 0 Å². The standard InChI is InChI=1S/C13H16ClIN2O/c1-8(2)16-11-5-6-17(13(11)18)12-4-3-9(15)7-10(12)14/h3-4,7-8,11,16H,5-6H2,1-2H3. The van der Waals surface area contributed by atoms with Crippen LogP contribution in [-0.2, 0) is 4.79 Å². The highest BCUT2D eigenvalue weighted by atomic mass is 127. The van der Waals surface area contributed by atoms with Crippen molar-refractivity contribution in [1.29, 1.82) is 0 Å². The highest BCUT2D eigenvalue weighted by molar-refractivity contribution is 14.1. The maximum atomic E-state index is 12.3. The molecule has 0 spiro atoms. The van der Waals surface area contributed by atoms with Crippen molar-refractivity contribution in [3.8, 4) is 0 Å². The SMILES string of the molecule is CC(C)NC1CCN(c2ccc(I)cc2Cl)C1=O. The van der Waals surface area contributed by atoms with E-state index >= 15 is 0 Å². The number of carbonyl (C=O) groups excluding carboxylic acids is 1. The van der Waals surface area contributed by atoms with E-state index in [1.165, 1.54) is 0 Å². The van der Waals surface area contributed by atoms with Crippen LogP contribution in [0.1, 0.15) is 20.3 Å². The van der Waals surface area contributed by atoms with Gasteiger partial charge in [0, 0.05) is 16.2 Å². The number of hydrogen-bond donors (Lipinski definition) is 1. The molecule has 0 aliphatic carbocycles. The molecule has 18 heavy (non-hydrogen) atoms. The smallest absolute Gasteiger partial charge is 0.244 e. The molecule has 2 rings (SSSR count). The Hall–Kier alpha value is -0.330. The molecular weight excluding hydrogens is 363 g/mol. The largest absolute Gasteiger partial charge is 0.310 e. The Morgan fingerprint density at radius 2 is 2.22 bits per heavy atom. The van der Waals surface area contributed by atoms with E-state index in [0.29, 0.717) is 11.1 Å². The molecular formula is C13H16ClIN2O. The molecule has 0 bridgehead atoms. The molecule has 1 atom stereocenters. The van der Waals surface area contributed by atoms with Crippen molar-refractivity contribution in [3.05, 3.63) is 26.8 Å². The van der Waals surface area contributed by atoms with Gasteiger partial charge in [-0.15, -0.1) is 0 Å². The zero-order valence-corrected chi connectivity index (χ0v) is 13.3. The van der Waals surface area contributed by atoms with Crippen molar-refractivity contribution in [2.45, 2.75) is 32.4 Å². The summed E-state index contributed by atoms with van der Waals surface area (Å²) < 4.78 is 1.07. The predicted molar refractivity (Wildman–Crippen MR) is 83.2 cm³/mol. The van der Waals surface area contributed by atoms with E-state index in [1.54, 1.807) is 4.90 Å². The van der Waals surface area contributed by atoms with E-state index in [4.69, 9.17) is 11.6 Å². The normalized spacial score (nSPS) is 19.9. The first-order chi connectivity index (χ1) is 8.49. The zero-order valence-electron chi connectivity index (χ0n) is 10.4. The van der Waals surface area contributed by atoms with Crippen LogP contribution in [0.15, 0.2) is 18.2 Å². The average Bonchev–Trinajstić information content (AvgIpc) is 2.60. The minimum atomic E-state index is -0.0830. The second kappa shape index (κ2) is 5.75. The maximum absolute atomic E-state index is 12.3. The lowest BCUT2D eigenvalue weighted by atomic mass is 10.2. The highest BCUT2D eigenvalue weighted by Crippen LogP contribution is 2.30. The number of amides is 1. The van der Waals surface area contributed by atoms with Gasteiger partial charge in [0.25, 0.3) is 0 Å². The van der Waals surface area contributed by atoms with Crippen LogP contribution in [0.2, 0.25) is 5.02 Å². The van der Waals surface area contributed by atoms with Crippen molar-refractivity contribution in [2.75, 3.05) is 11.4 Å². The minimum absolute atomic E-state index is 0.0830. The molecule has 1 unspecified atom stereocenters. The highest BCUT2D eigenvalue weighted by Gasteiger charge is 2.33. The summed E-state index contributed by atoms with van der Waals surface area (Å²) in [5.41, 5.74) is 0.815. The Morgan fingerprint density at radius 1 is 1.50 bits per heavy atom. The number of nitrogens with one attached hydrogen (secondary N) is 1. The summed E-state index contributed by atoms with van der Waals surface area (Å²) in [4.78, 5) is 14.1. The summed E-state index contributed by atoms with van der Waals surface area (Å²) in [7, 11) is 0. The van der Waals surface area contributed by atoms with Gasteiger partial charge in [-0.1, -0.05) is 25.4 Å². The fourth-order valence-electron chi connectivity index (χ4n) is 2.18.